The van der Waals surface area contributed by atoms with Crippen molar-refractivity contribution < 1.29 is 19.4 Å². The lowest BCUT2D eigenvalue weighted by Gasteiger charge is -2.37. The van der Waals surface area contributed by atoms with Gasteiger partial charge in [-0.2, -0.15) is 0 Å². The van der Waals surface area contributed by atoms with Crippen LogP contribution >= 0.6 is 0 Å². The molecule has 2 fully saturated rings. The van der Waals surface area contributed by atoms with E-state index in [0.29, 0.717) is 30.1 Å². The molecule has 3 atom stereocenters. The largest absolute Gasteiger partial charge is 0.472 e. The van der Waals surface area contributed by atoms with Gasteiger partial charge in [-0.05, 0) is 38.7 Å². The average Bonchev–Trinajstić information content (AvgIpc) is 3.42. The first kappa shape index (κ1) is 27.3. The molecule has 8 heteroatoms. The topological polar surface area (TPSA) is 95.0 Å². The number of amides is 3. The number of aliphatic hydroxyl groups is 1. The second-order valence-corrected chi connectivity index (χ2v) is 11.1. The van der Waals surface area contributed by atoms with Crippen molar-refractivity contribution in [1.82, 2.24) is 20.1 Å². The summed E-state index contributed by atoms with van der Waals surface area (Å²) in [7, 11) is 1.77. The van der Waals surface area contributed by atoms with E-state index in [1.807, 2.05) is 13.8 Å². The summed E-state index contributed by atoms with van der Waals surface area (Å²) in [4.78, 5) is 34.3. The molecule has 3 aliphatic rings. The van der Waals surface area contributed by atoms with Crippen LogP contribution in [0.1, 0.15) is 87.6 Å². The minimum Gasteiger partial charge on any atom is -0.472 e. The van der Waals surface area contributed by atoms with Crippen molar-refractivity contribution in [3.8, 4) is 17.7 Å². The highest BCUT2D eigenvalue weighted by molar-refractivity contribution is 5.97. The molecule has 4 rings (SSSR count). The van der Waals surface area contributed by atoms with Gasteiger partial charge in [0, 0.05) is 43.2 Å². The van der Waals surface area contributed by atoms with Crippen molar-refractivity contribution in [1.29, 1.82) is 0 Å². The smallest absolute Gasteiger partial charge is 0.317 e. The number of ether oxygens (including phenoxy) is 1. The summed E-state index contributed by atoms with van der Waals surface area (Å²) in [6.45, 7) is 4.47. The Morgan fingerprint density at radius 2 is 1.95 bits per heavy atom. The molecular weight excluding hydrogens is 468 g/mol. The SMILES string of the molecule is C[C@@H]1CN([C@@H](C)CO)C(=O)c2cc(C#CC3CCCCC3)cnc2O[C@@H]1CN(C)C(=O)NC1CCCC1. The lowest BCUT2D eigenvalue weighted by molar-refractivity contribution is 0.0351. The van der Waals surface area contributed by atoms with Gasteiger partial charge in [-0.15, -0.1) is 0 Å². The quantitative estimate of drug-likeness (QED) is 0.588. The minimum atomic E-state index is -0.369. The van der Waals surface area contributed by atoms with Crippen LogP contribution in [0.25, 0.3) is 0 Å². The van der Waals surface area contributed by atoms with Gasteiger partial charge in [0.05, 0.1) is 19.2 Å². The molecule has 0 radical (unpaired) electrons. The van der Waals surface area contributed by atoms with Gasteiger partial charge in [0.1, 0.15) is 11.7 Å². The van der Waals surface area contributed by atoms with E-state index in [-0.39, 0.29) is 48.5 Å². The molecule has 1 aromatic heterocycles. The Balaban J connectivity index is 1.56. The van der Waals surface area contributed by atoms with Gasteiger partial charge >= 0.3 is 6.03 Å². The number of rotatable bonds is 5. The van der Waals surface area contributed by atoms with Crippen LogP contribution in [0.4, 0.5) is 4.79 Å². The number of hydrogen-bond acceptors (Lipinski definition) is 5. The monoisotopic (exact) mass is 510 g/mol. The molecule has 1 aliphatic heterocycles. The van der Waals surface area contributed by atoms with Gasteiger partial charge in [-0.25, -0.2) is 9.78 Å². The lowest BCUT2D eigenvalue weighted by atomic mass is 9.90. The van der Waals surface area contributed by atoms with Gasteiger partial charge in [0.25, 0.3) is 5.91 Å². The van der Waals surface area contributed by atoms with Crippen molar-refractivity contribution in [2.75, 3.05) is 26.7 Å². The Morgan fingerprint density at radius 1 is 1.24 bits per heavy atom. The molecule has 0 unspecified atom stereocenters. The number of fused-ring (bicyclic) bond motifs is 1. The van der Waals surface area contributed by atoms with E-state index in [1.54, 1.807) is 29.1 Å². The predicted molar refractivity (Wildman–Crippen MR) is 142 cm³/mol. The molecule has 2 N–H and O–H groups in total. The number of nitrogens with zero attached hydrogens (tertiary/aromatic N) is 3. The minimum absolute atomic E-state index is 0.0830. The number of pyridine rings is 1. The number of nitrogens with one attached hydrogen (secondary N) is 1. The number of carbonyl (C=O) groups excluding carboxylic acids is 2. The van der Waals surface area contributed by atoms with Crippen LogP contribution in [0, 0.1) is 23.7 Å². The number of aliphatic hydroxyl groups excluding tert-OH is 1. The predicted octanol–water partition coefficient (Wildman–Crippen LogP) is 3.82. The summed E-state index contributed by atoms with van der Waals surface area (Å²) in [5, 5.41) is 13.0. The summed E-state index contributed by atoms with van der Waals surface area (Å²) in [5.41, 5.74) is 1.04. The molecule has 2 heterocycles. The van der Waals surface area contributed by atoms with Crippen LogP contribution < -0.4 is 10.1 Å². The van der Waals surface area contributed by atoms with Crippen LogP contribution in [0.15, 0.2) is 12.3 Å². The molecule has 202 valence electrons. The third kappa shape index (κ3) is 6.95. The molecule has 8 nitrogen and oxygen atoms in total. The highest BCUT2D eigenvalue weighted by Crippen LogP contribution is 2.28. The van der Waals surface area contributed by atoms with Gasteiger partial charge < -0.3 is 25.0 Å². The number of carbonyl (C=O) groups is 2. The average molecular weight is 511 g/mol. The number of urea groups is 1. The molecule has 0 spiro atoms. The van der Waals surface area contributed by atoms with Crippen molar-refractivity contribution in [3.05, 3.63) is 23.4 Å². The zero-order chi connectivity index (χ0) is 26.4. The van der Waals surface area contributed by atoms with Crippen LogP contribution in [0.5, 0.6) is 5.88 Å². The number of likely N-dealkylation sites (N-methyl/N-ethyl adjacent to an activating group) is 1. The van der Waals surface area contributed by atoms with Crippen molar-refractivity contribution in [2.24, 2.45) is 11.8 Å². The molecule has 37 heavy (non-hydrogen) atoms. The first-order chi connectivity index (χ1) is 17.9. The standard InChI is InChI=1S/C29H42N4O4/c1-20-17-33(21(2)19-34)28(35)25-15-23(14-13-22-9-5-4-6-10-22)16-30-27(25)37-26(20)18-32(3)29(36)31-24-11-7-8-12-24/h15-16,20-22,24,26,34H,4-12,17-19H2,1-3H3,(H,31,36)/t20-,21+,26-/m1/s1. The molecular formula is C29H42N4O4. The zero-order valence-corrected chi connectivity index (χ0v) is 22.5. The van der Waals surface area contributed by atoms with Gasteiger partial charge in [-0.3, -0.25) is 4.79 Å². The zero-order valence-electron chi connectivity index (χ0n) is 22.5. The van der Waals surface area contributed by atoms with Gasteiger partial charge in [-0.1, -0.05) is 50.9 Å². The highest BCUT2D eigenvalue weighted by atomic mass is 16.5. The molecule has 1 aromatic rings. The molecule has 0 aromatic carbocycles. The first-order valence-corrected chi connectivity index (χ1v) is 14.0. The van der Waals surface area contributed by atoms with Crippen molar-refractivity contribution in [2.45, 2.75) is 89.8 Å². The highest BCUT2D eigenvalue weighted by Gasteiger charge is 2.35. The summed E-state index contributed by atoms with van der Waals surface area (Å²) in [6, 6.07) is 1.53. The van der Waals surface area contributed by atoms with Gasteiger partial charge in [0.2, 0.25) is 5.88 Å². The van der Waals surface area contributed by atoms with Crippen molar-refractivity contribution in [3.63, 3.8) is 0 Å². The third-order valence-corrected chi connectivity index (χ3v) is 8.03. The normalized spacial score (nSPS) is 23.7. The van der Waals surface area contributed by atoms with E-state index in [1.165, 1.54) is 19.3 Å². The van der Waals surface area contributed by atoms with Crippen LogP contribution in [-0.4, -0.2) is 76.8 Å². The van der Waals surface area contributed by atoms with E-state index >= 15 is 0 Å². The van der Waals surface area contributed by atoms with E-state index < -0.39 is 0 Å². The number of hydrogen-bond donors (Lipinski definition) is 2. The summed E-state index contributed by atoms with van der Waals surface area (Å²) in [5.74, 6) is 6.95. The van der Waals surface area contributed by atoms with E-state index in [9.17, 15) is 14.7 Å². The third-order valence-electron chi connectivity index (χ3n) is 8.03. The first-order valence-electron chi connectivity index (χ1n) is 14.0. The molecule has 3 amide bonds. The fourth-order valence-electron chi connectivity index (χ4n) is 5.53. The summed E-state index contributed by atoms with van der Waals surface area (Å²) < 4.78 is 6.33. The van der Waals surface area contributed by atoms with Crippen LogP contribution in [0.3, 0.4) is 0 Å². The molecule has 0 saturated heterocycles. The second-order valence-electron chi connectivity index (χ2n) is 11.1. The Labute approximate surface area is 221 Å². The van der Waals surface area contributed by atoms with Crippen LogP contribution in [-0.2, 0) is 0 Å². The molecule has 0 bridgehead atoms. The molecule has 2 aliphatic carbocycles. The summed E-state index contributed by atoms with van der Waals surface area (Å²) in [6.07, 6.45) is 11.6. The Bertz CT molecular complexity index is 1010. The Kier molecular flexibility index (Phi) is 9.31. The maximum Gasteiger partial charge on any atom is 0.317 e. The van der Waals surface area contributed by atoms with Gasteiger partial charge in [0.15, 0.2) is 0 Å². The lowest BCUT2D eigenvalue weighted by Crippen LogP contribution is -2.52. The Morgan fingerprint density at radius 3 is 2.65 bits per heavy atom. The molecule has 2 saturated carbocycles. The van der Waals surface area contributed by atoms with Crippen LogP contribution in [0.2, 0.25) is 0 Å². The van der Waals surface area contributed by atoms with Crippen molar-refractivity contribution >= 4 is 11.9 Å². The van der Waals surface area contributed by atoms with E-state index in [4.69, 9.17) is 4.74 Å². The summed E-state index contributed by atoms with van der Waals surface area (Å²) >= 11 is 0. The maximum absolute atomic E-state index is 13.6. The Hall–Kier alpha value is -2.79. The maximum atomic E-state index is 13.6. The number of aromatic nitrogens is 1. The van der Waals surface area contributed by atoms with E-state index in [2.05, 4.69) is 22.1 Å². The van der Waals surface area contributed by atoms with E-state index in [0.717, 1.165) is 38.5 Å². The second kappa shape index (κ2) is 12.6. The fourth-order valence-corrected chi connectivity index (χ4v) is 5.53. The fraction of sp³-hybridized carbons (Fsp3) is 0.690.